The average Bonchev–Trinajstić information content (AvgIpc) is 0.918. The number of halogens is 1. The van der Waals surface area contributed by atoms with E-state index in [-0.39, 0.29) is 25.9 Å². The van der Waals surface area contributed by atoms with Gasteiger partial charge in [0.1, 0.15) is 0 Å². The van der Waals surface area contributed by atoms with Crippen molar-refractivity contribution in [3.63, 3.8) is 0 Å². The van der Waals surface area contributed by atoms with Crippen LogP contribution in [0.25, 0.3) is 0 Å². The molecular formula is CHClIrO. The third-order valence-electron chi connectivity index (χ3n) is 0. The Bertz CT molecular complexity index is 15.5. The normalized spacial score (nSPS) is 3.25. The molecule has 4 heavy (non-hydrogen) atoms. The molecule has 0 aliphatic rings. The third kappa shape index (κ3) is 18.2. The molecule has 0 aromatic heterocycles. The van der Waals surface area contributed by atoms with Gasteiger partial charge in [-0.15, -0.1) is 0 Å². The van der Waals surface area contributed by atoms with Gasteiger partial charge in [0.25, 0.3) is 0 Å². The molecule has 27 valence electrons. The van der Waals surface area contributed by atoms with Gasteiger partial charge in [0, 0.05) is 20.1 Å². The summed E-state index contributed by atoms with van der Waals surface area (Å²) in [5.74, 6) is 0.222. The minimum atomic E-state index is 0. The molecule has 0 bridgehead atoms. The van der Waals surface area contributed by atoms with E-state index in [1.54, 1.807) is 0 Å². The van der Waals surface area contributed by atoms with Gasteiger partial charge in [-0.3, -0.25) is 4.79 Å². The van der Waals surface area contributed by atoms with Gasteiger partial charge in [0.05, 0.1) is 0 Å². The molecule has 0 fully saturated rings. The fourth-order valence-electron chi connectivity index (χ4n) is 0. The average molecular weight is 257 g/mol. The van der Waals surface area contributed by atoms with Crippen LogP contribution in [0.3, 0.4) is 0 Å². The summed E-state index contributed by atoms with van der Waals surface area (Å²) in [6, 6.07) is 0. The molecule has 0 aromatic rings. The van der Waals surface area contributed by atoms with Crippen molar-refractivity contribution in [1.82, 2.24) is 0 Å². The maximum atomic E-state index is 8.57. The van der Waals surface area contributed by atoms with E-state index in [1.165, 1.54) is 0 Å². The fourth-order valence-corrected chi connectivity index (χ4v) is 0. The summed E-state index contributed by atoms with van der Waals surface area (Å²) in [7, 11) is 0. The van der Waals surface area contributed by atoms with Gasteiger partial charge >= 0.3 is 0 Å². The molecule has 0 saturated heterocycles. The van der Waals surface area contributed by atoms with E-state index in [0.717, 1.165) is 0 Å². The predicted octanol–water partition coefficient (Wildman–Crippen LogP) is 0.413. The topological polar surface area (TPSA) is 17.1 Å². The minimum Gasteiger partial charge on any atom is -0.285 e. The summed E-state index contributed by atoms with van der Waals surface area (Å²) >= 11 is 4.32. The van der Waals surface area contributed by atoms with Crippen LogP contribution in [-0.4, -0.2) is 5.75 Å². The summed E-state index contributed by atoms with van der Waals surface area (Å²) < 4.78 is 0. The van der Waals surface area contributed by atoms with Crippen LogP contribution in [0.2, 0.25) is 0 Å². The molecule has 0 aliphatic carbocycles. The van der Waals surface area contributed by atoms with Gasteiger partial charge in [0.15, 0.2) is 0 Å². The van der Waals surface area contributed by atoms with Crippen LogP contribution in [0.15, 0.2) is 0 Å². The maximum Gasteiger partial charge on any atom is 0.208 e. The molecule has 3 heteroatoms. The van der Waals surface area contributed by atoms with Crippen molar-refractivity contribution in [3.8, 4) is 0 Å². The van der Waals surface area contributed by atoms with E-state index in [4.69, 9.17) is 4.79 Å². The molecule has 0 aliphatic heterocycles. The van der Waals surface area contributed by atoms with E-state index in [2.05, 4.69) is 11.6 Å². The van der Waals surface area contributed by atoms with Crippen LogP contribution in [0.4, 0.5) is 0 Å². The quantitative estimate of drug-likeness (QED) is 0.453. The zero-order valence-corrected chi connectivity index (χ0v) is 4.85. The minimum absolute atomic E-state index is 0. The van der Waals surface area contributed by atoms with Crippen molar-refractivity contribution in [1.29, 1.82) is 0 Å². The van der Waals surface area contributed by atoms with Gasteiger partial charge in [-0.1, -0.05) is 0 Å². The molecule has 0 heterocycles. The molecule has 0 aromatic carbocycles. The summed E-state index contributed by atoms with van der Waals surface area (Å²) in [5, 5.41) is 0. The Morgan fingerprint density at radius 2 is 1.75 bits per heavy atom. The van der Waals surface area contributed by atoms with Gasteiger partial charge < -0.3 is 0 Å². The number of hydrogen-bond donors (Lipinski definition) is 0. The van der Waals surface area contributed by atoms with Crippen LogP contribution >= 0.6 is 11.6 Å². The van der Waals surface area contributed by atoms with Crippen LogP contribution in [-0.2, 0) is 24.9 Å². The van der Waals surface area contributed by atoms with Gasteiger partial charge in [-0.2, -0.15) is 0 Å². The number of rotatable bonds is 0. The Hall–Kier alpha value is 0.609. The van der Waals surface area contributed by atoms with Crippen molar-refractivity contribution >= 4 is 17.3 Å². The van der Waals surface area contributed by atoms with Crippen LogP contribution in [0.1, 0.15) is 0 Å². The molecule has 0 amide bonds. The summed E-state index contributed by atoms with van der Waals surface area (Å²) in [5.41, 5.74) is 0. The van der Waals surface area contributed by atoms with Crippen LogP contribution < -0.4 is 0 Å². The van der Waals surface area contributed by atoms with E-state index in [1.807, 2.05) is 0 Å². The molecule has 1 nitrogen and oxygen atoms in total. The first-order valence-electron chi connectivity index (χ1n) is 0.454. The molecule has 0 spiro atoms. The first kappa shape index (κ1) is 8.82. The van der Waals surface area contributed by atoms with E-state index in [9.17, 15) is 0 Å². The Kier molecular flexibility index (Phi) is 20.9. The molecule has 0 atom stereocenters. The van der Waals surface area contributed by atoms with Gasteiger partial charge in [-0.05, 0) is 11.6 Å². The number of carbonyl (C=O) groups is 1. The predicted molar refractivity (Wildman–Crippen MR) is 12.6 cm³/mol. The molecular weight excluding hydrogens is 256 g/mol. The Morgan fingerprint density at radius 1 is 1.75 bits per heavy atom. The first-order chi connectivity index (χ1) is 1.41. The van der Waals surface area contributed by atoms with E-state index >= 15 is 0 Å². The fraction of sp³-hybridized carbons (Fsp3) is 0. The second kappa shape index (κ2) is 9.49. The monoisotopic (exact) mass is 257 g/mol. The Balaban J connectivity index is 0. The third-order valence-corrected chi connectivity index (χ3v) is 0. The maximum absolute atomic E-state index is 8.57. The van der Waals surface area contributed by atoms with Crippen molar-refractivity contribution < 1.29 is 24.9 Å². The van der Waals surface area contributed by atoms with Gasteiger partial charge in [-0.25, -0.2) is 0 Å². The molecule has 0 saturated carbocycles. The molecule has 0 N–H and O–H groups in total. The number of carbonyl (C=O) groups excluding carboxylic acids is 1. The van der Waals surface area contributed by atoms with E-state index in [0.29, 0.717) is 0 Å². The largest absolute Gasteiger partial charge is 0.285 e. The molecule has 1 radical (unpaired) electrons. The summed E-state index contributed by atoms with van der Waals surface area (Å²) in [6.07, 6.45) is 0. The second-order valence-electron chi connectivity index (χ2n) is 0.0891. The summed E-state index contributed by atoms with van der Waals surface area (Å²) in [4.78, 5) is 8.57. The Labute approximate surface area is 42.7 Å². The zero-order chi connectivity index (χ0) is 2.71. The Morgan fingerprint density at radius 3 is 1.75 bits per heavy atom. The standard InChI is InChI=1S/CHClO.Ir/c2-1-3;/h1H;. The molecule has 0 rings (SSSR count). The van der Waals surface area contributed by atoms with Crippen LogP contribution in [0.5, 0.6) is 0 Å². The summed E-state index contributed by atoms with van der Waals surface area (Å²) in [6.45, 7) is 0. The SMILES string of the molecule is O=CCl.[Ir]. The number of hydrogen-bond acceptors (Lipinski definition) is 1. The second-order valence-corrected chi connectivity index (χ2v) is 0.267. The van der Waals surface area contributed by atoms with Crippen molar-refractivity contribution in [2.24, 2.45) is 0 Å². The van der Waals surface area contributed by atoms with Crippen molar-refractivity contribution in [2.45, 2.75) is 0 Å². The smallest absolute Gasteiger partial charge is 0.208 e. The first-order valence-corrected chi connectivity index (χ1v) is 0.890. The van der Waals surface area contributed by atoms with Crippen molar-refractivity contribution in [3.05, 3.63) is 0 Å². The van der Waals surface area contributed by atoms with E-state index < -0.39 is 0 Å². The van der Waals surface area contributed by atoms with Crippen LogP contribution in [0, 0.1) is 0 Å². The zero-order valence-electron chi connectivity index (χ0n) is 1.70. The molecule has 0 unspecified atom stereocenters. The van der Waals surface area contributed by atoms with Gasteiger partial charge in [0.2, 0.25) is 5.75 Å². The van der Waals surface area contributed by atoms with Crippen molar-refractivity contribution in [2.75, 3.05) is 0 Å².